The average Bonchev–Trinajstić information content (AvgIpc) is 3.07. The normalized spacial score (nSPS) is 31.3. The summed E-state index contributed by atoms with van der Waals surface area (Å²) < 4.78 is 6.00. The number of halogens is 2. The molecular formula is C24H28Cl2O3. The predicted molar refractivity (Wildman–Crippen MR) is 118 cm³/mol. The summed E-state index contributed by atoms with van der Waals surface area (Å²) in [6, 6.07) is 9.83. The minimum Gasteiger partial charge on any atom is -0.390 e. The Balaban J connectivity index is 1.86. The monoisotopic (exact) mass is 434 g/mol. The van der Waals surface area contributed by atoms with Crippen molar-refractivity contribution in [3.8, 4) is 11.1 Å². The van der Waals surface area contributed by atoms with Gasteiger partial charge in [0, 0.05) is 21.5 Å². The minimum atomic E-state index is -0.739. The third-order valence-electron chi connectivity index (χ3n) is 6.75. The Bertz CT molecular complexity index is 903. The van der Waals surface area contributed by atoms with Crippen molar-refractivity contribution >= 4 is 23.2 Å². The van der Waals surface area contributed by atoms with Crippen LogP contribution in [0.3, 0.4) is 0 Å². The lowest BCUT2D eigenvalue weighted by atomic mass is 9.74. The van der Waals surface area contributed by atoms with Crippen LogP contribution < -0.4 is 0 Å². The molecule has 5 heteroatoms. The van der Waals surface area contributed by atoms with Gasteiger partial charge in [-0.15, -0.1) is 0 Å². The Labute approximate surface area is 182 Å². The van der Waals surface area contributed by atoms with E-state index in [1.54, 1.807) is 6.07 Å². The van der Waals surface area contributed by atoms with Crippen molar-refractivity contribution in [2.45, 2.75) is 76.3 Å². The third-order valence-corrected chi connectivity index (χ3v) is 7.30. The molecule has 2 aromatic carbocycles. The van der Waals surface area contributed by atoms with Crippen LogP contribution in [0.1, 0.15) is 56.2 Å². The molecule has 2 fully saturated rings. The fraction of sp³-hybridized carbons (Fsp3) is 0.500. The molecular weight excluding hydrogens is 407 g/mol. The molecule has 2 aliphatic rings. The molecule has 2 aromatic rings. The van der Waals surface area contributed by atoms with E-state index in [0.717, 1.165) is 53.5 Å². The lowest BCUT2D eigenvalue weighted by Crippen LogP contribution is -2.54. The molecule has 0 saturated carbocycles. The lowest BCUT2D eigenvalue weighted by Gasteiger charge is -2.45. The van der Waals surface area contributed by atoms with Crippen molar-refractivity contribution in [1.82, 2.24) is 0 Å². The first-order valence-corrected chi connectivity index (χ1v) is 11.2. The van der Waals surface area contributed by atoms with E-state index >= 15 is 0 Å². The fourth-order valence-electron chi connectivity index (χ4n) is 5.15. The first-order valence-electron chi connectivity index (χ1n) is 10.4. The van der Waals surface area contributed by atoms with E-state index in [9.17, 15) is 10.2 Å². The zero-order valence-corrected chi connectivity index (χ0v) is 18.6. The van der Waals surface area contributed by atoms with Gasteiger partial charge in [-0.05, 0) is 67.0 Å². The van der Waals surface area contributed by atoms with Crippen LogP contribution in [0.5, 0.6) is 0 Å². The van der Waals surface area contributed by atoms with Crippen LogP contribution in [0.2, 0.25) is 10.0 Å². The van der Waals surface area contributed by atoms with Crippen LogP contribution in [-0.2, 0) is 17.6 Å². The molecule has 0 aromatic heterocycles. The Morgan fingerprint density at radius 1 is 1.07 bits per heavy atom. The first kappa shape index (κ1) is 21.1. The van der Waals surface area contributed by atoms with Gasteiger partial charge in [0.15, 0.2) is 0 Å². The van der Waals surface area contributed by atoms with Gasteiger partial charge in [-0.3, -0.25) is 0 Å². The Morgan fingerprint density at radius 3 is 2.31 bits per heavy atom. The van der Waals surface area contributed by atoms with Gasteiger partial charge in [0.2, 0.25) is 0 Å². The van der Waals surface area contributed by atoms with Gasteiger partial charge in [0.25, 0.3) is 0 Å². The van der Waals surface area contributed by atoms with E-state index in [-0.39, 0.29) is 12.0 Å². The zero-order chi connectivity index (χ0) is 20.9. The number of hydrogen-bond donors (Lipinski definition) is 2. The van der Waals surface area contributed by atoms with Crippen molar-refractivity contribution in [3.05, 3.63) is 57.1 Å². The fourth-order valence-corrected chi connectivity index (χ4v) is 5.67. The second kappa shape index (κ2) is 7.86. The molecule has 0 amide bonds. The maximum Gasteiger partial charge on any atom is 0.0925 e. The van der Waals surface area contributed by atoms with Crippen LogP contribution in [0.15, 0.2) is 30.3 Å². The number of benzene rings is 2. The summed E-state index contributed by atoms with van der Waals surface area (Å²) in [6.07, 6.45) is 1.51. The molecule has 3 nitrogen and oxygen atoms in total. The summed E-state index contributed by atoms with van der Waals surface area (Å²) in [6.45, 7) is 6.19. The number of hydrogen-bond acceptors (Lipinski definition) is 3. The van der Waals surface area contributed by atoms with Crippen LogP contribution in [-0.4, -0.2) is 34.1 Å². The maximum atomic E-state index is 11.2. The predicted octanol–water partition coefficient (Wildman–Crippen LogP) is 5.54. The molecule has 2 bridgehead atoms. The number of rotatable bonds is 4. The summed E-state index contributed by atoms with van der Waals surface area (Å²) in [5, 5.41) is 23.5. The standard InChI is InChI=1S/C24H28Cl2O3/c1-4-13-10-15(17-7-6-16(25)12-18(17)26)11-14(5-2)20(13)21-22(27)19-8-9-24(3,29-19)23(21)28/h6-7,10-12,19,21-23,27-28H,4-5,8-9H2,1-3H3/t19-,21?,22?,23?,24+/m0/s1. The number of aliphatic hydroxyl groups is 2. The molecule has 0 spiro atoms. The van der Waals surface area contributed by atoms with Gasteiger partial charge in [0.1, 0.15) is 0 Å². The van der Waals surface area contributed by atoms with E-state index < -0.39 is 17.8 Å². The van der Waals surface area contributed by atoms with Crippen LogP contribution in [0.4, 0.5) is 0 Å². The second-order valence-electron chi connectivity index (χ2n) is 8.51. The highest BCUT2D eigenvalue weighted by Gasteiger charge is 2.56. The van der Waals surface area contributed by atoms with Gasteiger partial charge in [-0.2, -0.15) is 0 Å². The number of fused-ring (bicyclic) bond motifs is 2. The van der Waals surface area contributed by atoms with Gasteiger partial charge in [-0.25, -0.2) is 0 Å². The molecule has 3 unspecified atom stereocenters. The highest BCUT2D eigenvalue weighted by Crippen LogP contribution is 2.49. The molecule has 2 saturated heterocycles. The van der Waals surface area contributed by atoms with Gasteiger partial charge in [0.05, 0.1) is 23.9 Å². The average molecular weight is 435 g/mol. The minimum absolute atomic E-state index is 0.215. The van der Waals surface area contributed by atoms with Crippen molar-refractivity contribution in [2.24, 2.45) is 0 Å². The molecule has 2 N–H and O–H groups in total. The zero-order valence-electron chi connectivity index (χ0n) is 17.1. The molecule has 0 radical (unpaired) electrons. The van der Waals surface area contributed by atoms with Crippen molar-refractivity contribution < 1.29 is 14.9 Å². The third kappa shape index (κ3) is 3.51. The topological polar surface area (TPSA) is 49.7 Å². The van der Waals surface area contributed by atoms with Crippen LogP contribution in [0.25, 0.3) is 11.1 Å². The SMILES string of the molecule is CCc1cc(-c2ccc(Cl)cc2Cl)cc(CC)c1C1C(O)[C@@H]2CC[C@@](C)(O2)C1O. The maximum absolute atomic E-state index is 11.2. The Hall–Kier alpha value is -1.10. The van der Waals surface area contributed by atoms with E-state index in [0.29, 0.717) is 10.0 Å². The summed E-state index contributed by atoms with van der Waals surface area (Å²) in [4.78, 5) is 0. The Kier molecular flexibility index (Phi) is 5.73. The molecule has 2 heterocycles. The summed E-state index contributed by atoms with van der Waals surface area (Å²) >= 11 is 12.5. The van der Waals surface area contributed by atoms with E-state index in [4.69, 9.17) is 27.9 Å². The molecule has 4 rings (SSSR count). The summed E-state index contributed by atoms with van der Waals surface area (Å²) in [5.41, 5.74) is 4.73. The van der Waals surface area contributed by atoms with E-state index in [2.05, 4.69) is 26.0 Å². The van der Waals surface area contributed by atoms with Crippen LogP contribution in [0, 0.1) is 0 Å². The van der Waals surface area contributed by atoms with Gasteiger partial charge >= 0.3 is 0 Å². The lowest BCUT2D eigenvalue weighted by molar-refractivity contribution is -0.193. The Morgan fingerprint density at radius 2 is 1.72 bits per heavy atom. The first-order chi connectivity index (χ1) is 13.8. The van der Waals surface area contributed by atoms with Crippen LogP contribution >= 0.6 is 23.2 Å². The molecule has 29 heavy (non-hydrogen) atoms. The van der Waals surface area contributed by atoms with E-state index in [1.807, 2.05) is 19.1 Å². The summed E-state index contributed by atoms with van der Waals surface area (Å²) in [5.74, 6) is -0.346. The largest absolute Gasteiger partial charge is 0.390 e. The van der Waals surface area contributed by atoms with Crippen molar-refractivity contribution in [3.63, 3.8) is 0 Å². The number of aliphatic hydroxyl groups excluding tert-OH is 2. The molecule has 0 aliphatic carbocycles. The smallest absolute Gasteiger partial charge is 0.0925 e. The molecule has 5 atom stereocenters. The van der Waals surface area contributed by atoms with Crippen molar-refractivity contribution in [2.75, 3.05) is 0 Å². The number of ether oxygens (including phenoxy) is 1. The highest BCUT2D eigenvalue weighted by atomic mass is 35.5. The molecule has 2 aliphatic heterocycles. The van der Waals surface area contributed by atoms with Gasteiger partial charge < -0.3 is 14.9 Å². The van der Waals surface area contributed by atoms with Crippen molar-refractivity contribution in [1.29, 1.82) is 0 Å². The second-order valence-corrected chi connectivity index (χ2v) is 9.35. The highest BCUT2D eigenvalue weighted by molar-refractivity contribution is 6.36. The molecule has 156 valence electrons. The van der Waals surface area contributed by atoms with Gasteiger partial charge in [-0.1, -0.05) is 55.2 Å². The van der Waals surface area contributed by atoms with E-state index in [1.165, 1.54) is 0 Å². The summed E-state index contributed by atoms with van der Waals surface area (Å²) in [7, 11) is 0. The number of aryl methyl sites for hydroxylation is 2. The quantitative estimate of drug-likeness (QED) is 0.663.